The maximum absolute atomic E-state index is 5.55. The topological polar surface area (TPSA) is 28.4 Å². The molecule has 1 saturated carbocycles. The fourth-order valence-electron chi connectivity index (χ4n) is 3.93. The van der Waals surface area contributed by atoms with Crippen LogP contribution in [-0.2, 0) is 6.54 Å². The number of furan rings is 1. The fraction of sp³-hybridized carbons (Fsp3) is 0.765. The van der Waals surface area contributed by atoms with E-state index in [0.717, 1.165) is 24.8 Å². The second-order valence-electron chi connectivity index (χ2n) is 6.48. The van der Waals surface area contributed by atoms with Crippen LogP contribution in [0.3, 0.4) is 0 Å². The molecule has 3 nitrogen and oxygen atoms in total. The van der Waals surface area contributed by atoms with Gasteiger partial charge in [-0.3, -0.25) is 4.90 Å². The second-order valence-corrected chi connectivity index (χ2v) is 6.48. The Morgan fingerprint density at radius 3 is 2.85 bits per heavy atom. The number of hydrogen-bond acceptors (Lipinski definition) is 3. The molecule has 20 heavy (non-hydrogen) atoms. The first kappa shape index (κ1) is 14.2. The lowest BCUT2D eigenvalue weighted by Crippen LogP contribution is -2.58. The summed E-state index contributed by atoms with van der Waals surface area (Å²) < 4.78 is 5.55. The zero-order valence-corrected chi connectivity index (χ0v) is 12.7. The van der Waals surface area contributed by atoms with Crippen molar-refractivity contribution in [3.8, 4) is 0 Å². The van der Waals surface area contributed by atoms with Gasteiger partial charge in [-0.05, 0) is 37.3 Å². The lowest BCUT2D eigenvalue weighted by atomic mass is 9.82. The molecule has 1 aliphatic carbocycles. The third-order valence-corrected chi connectivity index (χ3v) is 5.19. The maximum Gasteiger partial charge on any atom is 0.117 e. The molecule has 3 heteroatoms. The molecule has 0 bridgehead atoms. The fourth-order valence-corrected chi connectivity index (χ4v) is 3.93. The van der Waals surface area contributed by atoms with Crippen molar-refractivity contribution < 1.29 is 4.42 Å². The summed E-state index contributed by atoms with van der Waals surface area (Å²) in [5.41, 5.74) is 0. The summed E-state index contributed by atoms with van der Waals surface area (Å²) >= 11 is 0. The van der Waals surface area contributed by atoms with Crippen molar-refractivity contribution in [1.29, 1.82) is 0 Å². The number of rotatable bonds is 4. The first-order valence-corrected chi connectivity index (χ1v) is 8.36. The Kier molecular flexibility index (Phi) is 4.79. The number of nitrogens with one attached hydrogen (secondary N) is 1. The summed E-state index contributed by atoms with van der Waals surface area (Å²) in [6.45, 7) is 5.58. The van der Waals surface area contributed by atoms with E-state index in [1.807, 2.05) is 6.07 Å². The third-order valence-electron chi connectivity index (χ3n) is 5.19. The van der Waals surface area contributed by atoms with E-state index >= 15 is 0 Å². The lowest BCUT2D eigenvalue weighted by Gasteiger charge is -2.43. The molecule has 1 N–H and O–H groups in total. The van der Waals surface area contributed by atoms with Crippen LogP contribution >= 0.6 is 0 Å². The minimum absolute atomic E-state index is 0.653. The Bertz CT molecular complexity index is 384. The lowest BCUT2D eigenvalue weighted by molar-refractivity contribution is 0.0814. The van der Waals surface area contributed by atoms with E-state index in [1.54, 1.807) is 6.26 Å². The molecular formula is C17H28N2O. The summed E-state index contributed by atoms with van der Waals surface area (Å²) in [6.07, 6.45) is 10.1. The highest BCUT2D eigenvalue weighted by Gasteiger charge is 2.32. The standard InChI is InChI=1S/C17H28N2O/c1-2-15-11-18-17(14-7-4-3-5-8-14)13-19(15)12-16-9-6-10-20-16/h6,9-10,14-15,17-18H,2-5,7-8,11-13H2,1H3. The Hall–Kier alpha value is -0.800. The predicted octanol–water partition coefficient (Wildman–Crippen LogP) is 3.41. The SMILES string of the molecule is CCC1CNC(C2CCCCC2)CN1Cc1ccco1. The molecule has 2 heterocycles. The summed E-state index contributed by atoms with van der Waals surface area (Å²) in [4.78, 5) is 2.63. The van der Waals surface area contributed by atoms with E-state index in [0.29, 0.717) is 12.1 Å². The molecule has 2 unspecified atom stereocenters. The largest absolute Gasteiger partial charge is 0.468 e. The van der Waals surface area contributed by atoms with Crippen molar-refractivity contribution in [2.45, 2.75) is 64.1 Å². The molecule has 1 saturated heterocycles. The molecule has 1 aromatic rings. The number of hydrogen-bond donors (Lipinski definition) is 1. The van der Waals surface area contributed by atoms with E-state index in [2.05, 4.69) is 23.2 Å². The van der Waals surface area contributed by atoms with Gasteiger partial charge in [0.2, 0.25) is 0 Å². The van der Waals surface area contributed by atoms with Crippen molar-refractivity contribution in [2.75, 3.05) is 13.1 Å². The average molecular weight is 276 g/mol. The Labute approximate surface area is 122 Å². The van der Waals surface area contributed by atoms with Crippen LogP contribution < -0.4 is 5.32 Å². The Morgan fingerprint density at radius 2 is 2.15 bits per heavy atom. The van der Waals surface area contributed by atoms with E-state index in [4.69, 9.17) is 4.42 Å². The molecule has 2 fully saturated rings. The van der Waals surface area contributed by atoms with Crippen LogP contribution in [0.15, 0.2) is 22.8 Å². The normalized spacial score (nSPS) is 29.6. The first-order valence-electron chi connectivity index (χ1n) is 8.36. The molecule has 0 amide bonds. The molecule has 2 aliphatic rings. The van der Waals surface area contributed by atoms with Crippen LogP contribution in [0.25, 0.3) is 0 Å². The van der Waals surface area contributed by atoms with Crippen LogP contribution in [0.2, 0.25) is 0 Å². The summed E-state index contributed by atoms with van der Waals surface area (Å²) in [7, 11) is 0. The summed E-state index contributed by atoms with van der Waals surface area (Å²) in [5, 5.41) is 3.83. The van der Waals surface area contributed by atoms with Crippen LogP contribution in [0.1, 0.15) is 51.2 Å². The predicted molar refractivity (Wildman–Crippen MR) is 81.6 cm³/mol. The molecule has 0 spiro atoms. The molecule has 0 radical (unpaired) electrons. The Balaban J connectivity index is 1.62. The quantitative estimate of drug-likeness (QED) is 0.913. The summed E-state index contributed by atoms with van der Waals surface area (Å²) in [5.74, 6) is 1.99. The Morgan fingerprint density at radius 1 is 1.30 bits per heavy atom. The van der Waals surface area contributed by atoms with Crippen LogP contribution in [-0.4, -0.2) is 30.1 Å². The van der Waals surface area contributed by atoms with Gasteiger partial charge in [-0.15, -0.1) is 0 Å². The van der Waals surface area contributed by atoms with Gasteiger partial charge < -0.3 is 9.73 Å². The minimum atomic E-state index is 0.653. The van der Waals surface area contributed by atoms with E-state index in [1.165, 1.54) is 45.1 Å². The zero-order valence-electron chi connectivity index (χ0n) is 12.7. The van der Waals surface area contributed by atoms with Gasteiger partial charge in [-0.1, -0.05) is 26.2 Å². The monoisotopic (exact) mass is 276 g/mol. The number of piperazine rings is 1. The van der Waals surface area contributed by atoms with Gasteiger partial charge >= 0.3 is 0 Å². The third kappa shape index (κ3) is 3.26. The van der Waals surface area contributed by atoms with E-state index < -0.39 is 0 Å². The van der Waals surface area contributed by atoms with Crippen LogP contribution in [0, 0.1) is 5.92 Å². The molecule has 1 aliphatic heterocycles. The molecule has 0 aromatic carbocycles. The van der Waals surface area contributed by atoms with Crippen LogP contribution in [0.4, 0.5) is 0 Å². The highest BCUT2D eigenvalue weighted by molar-refractivity contribution is 5.00. The van der Waals surface area contributed by atoms with E-state index in [-0.39, 0.29) is 0 Å². The maximum atomic E-state index is 5.55. The average Bonchev–Trinajstić information content (AvgIpc) is 3.01. The zero-order chi connectivity index (χ0) is 13.8. The molecular weight excluding hydrogens is 248 g/mol. The molecule has 1 aromatic heterocycles. The molecule has 3 rings (SSSR count). The van der Waals surface area contributed by atoms with Crippen LogP contribution in [0.5, 0.6) is 0 Å². The first-order chi connectivity index (χ1) is 9.86. The smallest absolute Gasteiger partial charge is 0.117 e. The van der Waals surface area contributed by atoms with Crippen molar-refractivity contribution in [3.05, 3.63) is 24.2 Å². The van der Waals surface area contributed by atoms with Crippen molar-refractivity contribution in [3.63, 3.8) is 0 Å². The van der Waals surface area contributed by atoms with Gasteiger partial charge in [0, 0.05) is 25.2 Å². The van der Waals surface area contributed by atoms with Crippen molar-refractivity contribution in [1.82, 2.24) is 10.2 Å². The van der Waals surface area contributed by atoms with Gasteiger partial charge in [0.1, 0.15) is 5.76 Å². The van der Waals surface area contributed by atoms with Gasteiger partial charge in [0.25, 0.3) is 0 Å². The van der Waals surface area contributed by atoms with Gasteiger partial charge in [0.05, 0.1) is 12.8 Å². The van der Waals surface area contributed by atoms with Gasteiger partial charge in [-0.2, -0.15) is 0 Å². The van der Waals surface area contributed by atoms with Crippen molar-refractivity contribution >= 4 is 0 Å². The molecule has 2 atom stereocenters. The van der Waals surface area contributed by atoms with Gasteiger partial charge in [0.15, 0.2) is 0 Å². The highest BCUT2D eigenvalue weighted by atomic mass is 16.3. The van der Waals surface area contributed by atoms with Crippen molar-refractivity contribution in [2.24, 2.45) is 5.92 Å². The molecule has 112 valence electrons. The number of nitrogens with zero attached hydrogens (tertiary/aromatic N) is 1. The van der Waals surface area contributed by atoms with Gasteiger partial charge in [-0.25, -0.2) is 0 Å². The minimum Gasteiger partial charge on any atom is -0.468 e. The van der Waals surface area contributed by atoms with E-state index in [9.17, 15) is 0 Å². The second kappa shape index (κ2) is 6.77. The summed E-state index contributed by atoms with van der Waals surface area (Å²) in [6, 6.07) is 5.44. The highest BCUT2D eigenvalue weighted by Crippen LogP contribution is 2.29.